The summed E-state index contributed by atoms with van der Waals surface area (Å²) < 4.78 is 5.98. The second-order valence-corrected chi connectivity index (χ2v) is 6.91. The Morgan fingerprint density at radius 3 is 2.27 bits per heavy atom. The van der Waals surface area contributed by atoms with E-state index >= 15 is 0 Å². The van der Waals surface area contributed by atoms with Gasteiger partial charge in [0.1, 0.15) is 0 Å². The lowest BCUT2D eigenvalue weighted by atomic mass is 10.3. The predicted octanol–water partition coefficient (Wildman–Crippen LogP) is 2.92. The summed E-state index contributed by atoms with van der Waals surface area (Å²) in [5.74, 6) is 1.12. The summed E-state index contributed by atoms with van der Waals surface area (Å²) in [6, 6.07) is 0.474. The van der Waals surface area contributed by atoms with Crippen molar-refractivity contribution in [3.63, 3.8) is 0 Å². The maximum Gasteiger partial charge on any atom is 0.0631 e. The maximum atomic E-state index is 5.65. The minimum atomic E-state index is 0.325. The smallest absolute Gasteiger partial charge is 0.0631 e. The summed E-state index contributed by atoms with van der Waals surface area (Å²) >= 11 is 1.99. The van der Waals surface area contributed by atoms with E-state index in [1.807, 2.05) is 11.8 Å². The van der Waals surface area contributed by atoms with E-state index in [0.717, 1.165) is 18.9 Å². The van der Waals surface area contributed by atoms with Crippen molar-refractivity contribution in [1.29, 1.82) is 0 Å². The van der Waals surface area contributed by atoms with Crippen molar-refractivity contribution in [3.8, 4) is 0 Å². The molecule has 0 aliphatic heterocycles. The Bertz CT molecular complexity index is 154. The minimum absolute atomic E-state index is 0.325. The molecule has 0 bridgehead atoms. The van der Waals surface area contributed by atoms with Crippen LogP contribution in [0, 0.1) is 0 Å². The van der Waals surface area contributed by atoms with Crippen LogP contribution in [-0.4, -0.2) is 35.8 Å². The van der Waals surface area contributed by atoms with Gasteiger partial charge in [-0.3, -0.25) is 0 Å². The van der Waals surface area contributed by atoms with Gasteiger partial charge in [-0.1, -0.05) is 27.7 Å². The van der Waals surface area contributed by atoms with Crippen molar-refractivity contribution < 1.29 is 4.74 Å². The van der Waals surface area contributed by atoms with Gasteiger partial charge in [0, 0.05) is 16.5 Å². The molecule has 0 aromatic rings. The zero-order valence-corrected chi connectivity index (χ0v) is 11.9. The van der Waals surface area contributed by atoms with Gasteiger partial charge in [-0.05, 0) is 20.4 Å². The van der Waals surface area contributed by atoms with Gasteiger partial charge in [0.2, 0.25) is 0 Å². The predicted molar refractivity (Wildman–Crippen MR) is 70.8 cm³/mol. The minimum Gasteiger partial charge on any atom is -0.377 e. The normalized spacial score (nSPS) is 14.6. The van der Waals surface area contributed by atoms with Crippen LogP contribution in [0.2, 0.25) is 0 Å². The summed E-state index contributed by atoms with van der Waals surface area (Å²) in [6.07, 6.45) is 0.325. The van der Waals surface area contributed by atoms with Crippen molar-refractivity contribution >= 4 is 11.8 Å². The highest BCUT2D eigenvalue weighted by atomic mass is 32.2. The Hall–Kier alpha value is 0.270. The standard InChI is InChI=1S/C12H27NOS/c1-7-13-11(8-14-10(2)3)9-15-12(4,5)6/h10-11,13H,7-9H2,1-6H3. The Labute approximate surface area is 99.5 Å². The zero-order valence-electron chi connectivity index (χ0n) is 11.1. The molecule has 0 rings (SSSR count). The SMILES string of the molecule is CCNC(COC(C)C)CSC(C)(C)C. The van der Waals surface area contributed by atoms with Crippen LogP contribution in [0.15, 0.2) is 0 Å². The van der Waals surface area contributed by atoms with E-state index in [4.69, 9.17) is 4.74 Å². The van der Waals surface area contributed by atoms with E-state index in [1.165, 1.54) is 0 Å². The molecule has 0 aromatic carbocycles. The highest BCUT2D eigenvalue weighted by Gasteiger charge is 2.15. The van der Waals surface area contributed by atoms with E-state index < -0.39 is 0 Å². The average Bonchev–Trinajstić information content (AvgIpc) is 2.08. The monoisotopic (exact) mass is 233 g/mol. The molecule has 0 aliphatic carbocycles. The first-order valence-corrected chi connectivity index (χ1v) is 6.82. The third-order valence-electron chi connectivity index (χ3n) is 1.84. The number of hydrogen-bond donors (Lipinski definition) is 1. The molecule has 1 N–H and O–H groups in total. The molecule has 0 fully saturated rings. The summed E-state index contributed by atoms with van der Waals surface area (Å²) in [5, 5.41) is 3.46. The van der Waals surface area contributed by atoms with Gasteiger partial charge in [0.25, 0.3) is 0 Å². The van der Waals surface area contributed by atoms with Gasteiger partial charge in [-0.25, -0.2) is 0 Å². The molecule has 2 nitrogen and oxygen atoms in total. The molecule has 0 amide bonds. The summed E-state index contributed by atoms with van der Waals surface area (Å²) in [7, 11) is 0. The second kappa shape index (κ2) is 7.53. The largest absolute Gasteiger partial charge is 0.377 e. The zero-order chi connectivity index (χ0) is 11.9. The molecule has 3 heteroatoms. The summed E-state index contributed by atoms with van der Waals surface area (Å²) in [5.41, 5.74) is 0. The first-order valence-electron chi connectivity index (χ1n) is 5.84. The fourth-order valence-corrected chi connectivity index (χ4v) is 2.03. The molecule has 0 saturated carbocycles. The Balaban J connectivity index is 3.82. The lowest BCUT2D eigenvalue weighted by Gasteiger charge is -2.24. The van der Waals surface area contributed by atoms with E-state index in [-0.39, 0.29) is 0 Å². The van der Waals surface area contributed by atoms with Crippen molar-refractivity contribution in [2.24, 2.45) is 0 Å². The van der Waals surface area contributed by atoms with Gasteiger partial charge in [0.05, 0.1) is 12.7 Å². The molecule has 92 valence electrons. The van der Waals surface area contributed by atoms with Crippen molar-refractivity contribution in [3.05, 3.63) is 0 Å². The van der Waals surface area contributed by atoms with Crippen LogP contribution in [0.4, 0.5) is 0 Å². The van der Waals surface area contributed by atoms with E-state index in [2.05, 4.69) is 46.9 Å². The summed E-state index contributed by atoms with van der Waals surface area (Å²) in [4.78, 5) is 0. The van der Waals surface area contributed by atoms with Crippen LogP contribution in [0.25, 0.3) is 0 Å². The molecule has 0 spiro atoms. The number of nitrogens with one attached hydrogen (secondary N) is 1. The molecule has 0 saturated heterocycles. The van der Waals surface area contributed by atoms with Gasteiger partial charge >= 0.3 is 0 Å². The van der Waals surface area contributed by atoms with Crippen LogP contribution >= 0.6 is 11.8 Å². The first-order chi connectivity index (χ1) is 6.85. The lowest BCUT2D eigenvalue weighted by Crippen LogP contribution is -2.37. The molecule has 0 heterocycles. The Morgan fingerprint density at radius 2 is 1.87 bits per heavy atom. The third kappa shape index (κ3) is 10.6. The fourth-order valence-electron chi connectivity index (χ4n) is 1.11. The van der Waals surface area contributed by atoms with E-state index in [1.54, 1.807) is 0 Å². The van der Waals surface area contributed by atoms with Gasteiger partial charge in [0.15, 0.2) is 0 Å². The number of thioether (sulfide) groups is 1. The van der Waals surface area contributed by atoms with Crippen molar-refractivity contribution in [2.45, 2.75) is 58.4 Å². The molecule has 0 radical (unpaired) electrons. The lowest BCUT2D eigenvalue weighted by molar-refractivity contribution is 0.0657. The van der Waals surface area contributed by atoms with Crippen molar-refractivity contribution in [2.75, 3.05) is 18.9 Å². The van der Waals surface area contributed by atoms with Gasteiger partial charge < -0.3 is 10.1 Å². The molecule has 15 heavy (non-hydrogen) atoms. The molecule has 1 atom stereocenters. The number of rotatable bonds is 7. The summed E-state index contributed by atoms with van der Waals surface area (Å²) in [6.45, 7) is 14.9. The van der Waals surface area contributed by atoms with Crippen LogP contribution < -0.4 is 5.32 Å². The maximum absolute atomic E-state index is 5.65. The third-order valence-corrected chi connectivity index (χ3v) is 3.28. The topological polar surface area (TPSA) is 21.3 Å². The van der Waals surface area contributed by atoms with Crippen LogP contribution in [0.1, 0.15) is 41.5 Å². The average molecular weight is 233 g/mol. The molecular formula is C12H27NOS. The second-order valence-electron chi connectivity index (χ2n) is 5.06. The fraction of sp³-hybridized carbons (Fsp3) is 1.00. The first kappa shape index (κ1) is 15.3. The molecule has 1 unspecified atom stereocenters. The van der Waals surface area contributed by atoms with Gasteiger partial charge in [-0.15, -0.1) is 0 Å². The van der Waals surface area contributed by atoms with Crippen LogP contribution in [0.3, 0.4) is 0 Å². The van der Waals surface area contributed by atoms with Crippen LogP contribution in [0.5, 0.6) is 0 Å². The number of hydrogen-bond acceptors (Lipinski definition) is 3. The van der Waals surface area contributed by atoms with E-state index in [9.17, 15) is 0 Å². The quantitative estimate of drug-likeness (QED) is 0.730. The van der Waals surface area contributed by atoms with Crippen LogP contribution in [-0.2, 0) is 4.74 Å². The number of likely N-dealkylation sites (N-methyl/N-ethyl adjacent to an activating group) is 1. The molecule has 0 aromatic heterocycles. The van der Waals surface area contributed by atoms with Crippen molar-refractivity contribution in [1.82, 2.24) is 5.32 Å². The van der Waals surface area contributed by atoms with E-state index in [0.29, 0.717) is 16.9 Å². The highest BCUT2D eigenvalue weighted by Crippen LogP contribution is 2.23. The highest BCUT2D eigenvalue weighted by molar-refractivity contribution is 8.00. The molecular weight excluding hydrogens is 206 g/mol. The molecule has 0 aliphatic rings. The Morgan fingerprint density at radius 1 is 1.27 bits per heavy atom. The van der Waals surface area contributed by atoms with Gasteiger partial charge in [-0.2, -0.15) is 11.8 Å². The Kier molecular flexibility index (Phi) is 7.66. The number of ether oxygens (including phenoxy) is 1.